The minimum atomic E-state index is -3.67. The van der Waals surface area contributed by atoms with Gasteiger partial charge in [0.1, 0.15) is 0 Å². The van der Waals surface area contributed by atoms with Crippen molar-refractivity contribution < 1.29 is 17.8 Å². The molecule has 0 rings (SSSR count). The molecule has 0 fully saturated rings. The van der Waals surface area contributed by atoms with Crippen LogP contribution in [0.15, 0.2) is 12.7 Å². The van der Waals surface area contributed by atoms with Gasteiger partial charge in [0.05, 0.1) is 5.75 Å². The zero-order valence-electron chi connectivity index (χ0n) is 7.86. The van der Waals surface area contributed by atoms with E-state index in [-0.39, 0.29) is 35.3 Å². The molecule has 0 saturated heterocycles. The summed E-state index contributed by atoms with van der Waals surface area (Å²) in [6.45, 7) is 4.77. The van der Waals surface area contributed by atoms with E-state index in [0.29, 0.717) is 6.42 Å². The van der Waals surface area contributed by atoms with Crippen LogP contribution in [0.25, 0.3) is 0 Å². The molecule has 0 aliphatic rings. The number of amides is 1. The van der Waals surface area contributed by atoms with Crippen LogP contribution in [0.5, 0.6) is 0 Å². The van der Waals surface area contributed by atoms with Gasteiger partial charge in [0.25, 0.3) is 10.1 Å². The van der Waals surface area contributed by atoms with Gasteiger partial charge >= 0.3 is 0 Å². The van der Waals surface area contributed by atoms with Gasteiger partial charge in [0.15, 0.2) is 0 Å². The molecular formula is C6H13NNaO4S. The molecule has 5 nitrogen and oxygen atoms in total. The van der Waals surface area contributed by atoms with Crippen molar-refractivity contribution in [3.05, 3.63) is 12.7 Å². The molecule has 0 bridgehead atoms. The number of nitrogens with two attached hydrogens (primary N) is 1. The van der Waals surface area contributed by atoms with Crippen molar-refractivity contribution in [2.24, 2.45) is 5.73 Å². The fourth-order valence-corrected chi connectivity index (χ4v) is 0.774. The van der Waals surface area contributed by atoms with Crippen molar-refractivity contribution in [1.82, 2.24) is 0 Å². The summed E-state index contributed by atoms with van der Waals surface area (Å²) < 4.78 is 27.6. The largest absolute Gasteiger partial charge is 0.366 e. The zero-order chi connectivity index (χ0) is 10.2. The quantitative estimate of drug-likeness (QED) is 0.381. The molecule has 0 aromatic heterocycles. The predicted molar refractivity (Wildman–Crippen MR) is 51.9 cm³/mol. The van der Waals surface area contributed by atoms with Crippen LogP contribution >= 0.6 is 0 Å². The molecule has 0 aliphatic heterocycles. The average molecular weight is 218 g/mol. The number of carbonyl (C=O) groups is 1. The molecule has 0 spiro atoms. The first-order chi connectivity index (χ1) is 5.33. The van der Waals surface area contributed by atoms with Gasteiger partial charge in [-0.3, -0.25) is 9.35 Å². The summed E-state index contributed by atoms with van der Waals surface area (Å²) in [6, 6.07) is 0. The van der Waals surface area contributed by atoms with Crippen LogP contribution in [0.1, 0.15) is 13.3 Å². The van der Waals surface area contributed by atoms with Gasteiger partial charge in [-0.05, 0) is 12.5 Å². The minimum Gasteiger partial charge on any atom is -0.366 e. The third kappa shape index (κ3) is 33.1. The van der Waals surface area contributed by atoms with Crippen molar-refractivity contribution >= 4 is 45.6 Å². The van der Waals surface area contributed by atoms with E-state index in [2.05, 4.69) is 12.3 Å². The minimum absolute atomic E-state index is 0. The molecule has 0 atom stereocenters. The first kappa shape index (κ1) is 18.8. The molecule has 0 heterocycles. The van der Waals surface area contributed by atoms with Gasteiger partial charge in [-0.1, -0.05) is 13.5 Å². The Hall–Kier alpha value is 0.120. The summed E-state index contributed by atoms with van der Waals surface area (Å²) in [4.78, 5) is 9.47. The maximum absolute atomic E-state index is 9.79. The molecule has 0 aromatic rings. The van der Waals surface area contributed by atoms with E-state index in [1.54, 1.807) is 6.92 Å². The summed E-state index contributed by atoms with van der Waals surface area (Å²) in [7, 11) is -3.67. The molecule has 73 valence electrons. The average Bonchev–Trinajstić information content (AvgIpc) is 1.86. The third-order valence-corrected chi connectivity index (χ3v) is 1.59. The summed E-state index contributed by atoms with van der Waals surface area (Å²) >= 11 is 0. The van der Waals surface area contributed by atoms with Crippen molar-refractivity contribution in [2.75, 3.05) is 5.75 Å². The topological polar surface area (TPSA) is 97.5 Å². The van der Waals surface area contributed by atoms with E-state index in [1.807, 2.05) is 0 Å². The van der Waals surface area contributed by atoms with Crippen LogP contribution in [-0.2, 0) is 14.9 Å². The molecule has 1 radical (unpaired) electrons. The summed E-state index contributed by atoms with van der Waals surface area (Å²) in [5, 5.41) is 0. The molecule has 0 saturated carbocycles. The molecular weight excluding hydrogens is 205 g/mol. The fourth-order valence-electron chi connectivity index (χ4n) is 0.258. The molecule has 0 aliphatic carbocycles. The molecule has 0 aromatic carbocycles. The van der Waals surface area contributed by atoms with Gasteiger partial charge in [-0.25, -0.2) is 0 Å². The zero-order valence-corrected chi connectivity index (χ0v) is 10.7. The Morgan fingerprint density at radius 2 is 1.92 bits per heavy atom. The van der Waals surface area contributed by atoms with E-state index in [4.69, 9.17) is 4.55 Å². The van der Waals surface area contributed by atoms with Crippen LogP contribution in [-0.4, -0.2) is 54.2 Å². The predicted octanol–water partition coefficient (Wildman–Crippen LogP) is -0.439. The van der Waals surface area contributed by atoms with E-state index in [9.17, 15) is 13.2 Å². The fraction of sp³-hybridized carbons (Fsp3) is 0.500. The number of rotatable bonds is 3. The Morgan fingerprint density at radius 1 is 1.62 bits per heavy atom. The van der Waals surface area contributed by atoms with Crippen LogP contribution in [0, 0.1) is 0 Å². The maximum atomic E-state index is 9.79. The van der Waals surface area contributed by atoms with Gasteiger partial charge in [0, 0.05) is 29.6 Å². The Bertz CT molecular complexity index is 237. The number of hydrogen-bond donors (Lipinski definition) is 2. The van der Waals surface area contributed by atoms with Gasteiger partial charge in [-0.15, -0.1) is 0 Å². The Labute approximate surface area is 100 Å². The molecule has 0 unspecified atom stereocenters. The third-order valence-electron chi connectivity index (χ3n) is 0.663. The van der Waals surface area contributed by atoms with Crippen molar-refractivity contribution in [2.45, 2.75) is 13.3 Å². The van der Waals surface area contributed by atoms with E-state index < -0.39 is 16.0 Å². The Kier molecular flexibility index (Phi) is 14.8. The van der Waals surface area contributed by atoms with Crippen LogP contribution in [0.2, 0.25) is 0 Å². The Morgan fingerprint density at radius 3 is 1.92 bits per heavy atom. The number of hydrogen-bond acceptors (Lipinski definition) is 3. The molecule has 13 heavy (non-hydrogen) atoms. The second-order valence-electron chi connectivity index (χ2n) is 1.89. The van der Waals surface area contributed by atoms with Gasteiger partial charge in [-0.2, -0.15) is 8.42 Å². The second-order valence-corrected chi connectivity index (χ2v) is 3.46. The van der Waals surface area contributed by atoms with Gasteiger partial charge < -0.3 is 5.73 Å². The molecule has 1 amide bonds. The first-order valence-corrected chi connectivity index (χ1v) is 4.81. The van der Waals surface area contributed by atoms with Crippen molar-refractivity contribution in [1.29, 1.82) is 0 Å². The second kappa shape index (κ2) is 10.2. The first-order valence-electron chi connectivity index (χ1n) is 3.20. The van der Waals surface area contributed by atoms with Gasteiger partial charge in [0.2, 0.25) is 5.91 Å². The van der Waals surface area contributed by atoms with E-state index in [0.717, 1.165) is 6.08 Å². The SMILES string of the molecule is C=CC(N)=O.CCCS(=O)(=O)O.[Na]. The standard InChI is InChI=1S/C3H5NO.C3H8O3S.Na/c1-2-3(4)5;1-2-3-7(4,5)6;/h2H,1H2,(H2,4,5);2-3H2,1H3,(H,4,5,6);. The summed E-state index contributed by atoms with van der Waals surface area (Å²) in [6.07, 6.45) is 1.53. The maximum Gasteiger partial charge on any atom is 0.264 e. The van der Waals surface area contributed by atoms with E-state index >= 15 is 0 Å². The smallest absolute Gasteiger partial charge is 0.264 e. The monoisotopic (exact) mass is 218 g/mol. The molecule has 7 heteroatoms. The number of primary amides is 1. The van der Waals surface area contributed by atoms with Crippen molar-refractivity contribution in [3.63, 3.8) is 0 Å². The normalized spacial score (nSPS) is 8.77. The van der Waals surface area contributed by atoms with Crippen LogP contribution < -0.4 is 5.73 Å². The summed E-state index contributed by atoms with van der Waals surface area (Å²) in [5.74, 6) is -0.613. The van der Waals surface area contributed by atoms with Crippen LogP contribution in [0.4, 0.5) is 0 Å². The molecule has 3 N–H and O–H groups in total. The summed E-state index contributed by atoms with van der Waals surface area (Å²) in [5.41, 5.74) is 4.53. The Balaban J connectivity index is -0.000000150. The number of carbonyl (C=O) groups excluding carboxylic acids is 1. The van der Waals surface area contributed by atoms with Crippen LogP contribution in [0.3, 0.4) is 0 Å². The van der Waals surface area contributed by atoms with Crippen molar-refractivity contribution in [3.8, 4) is 0 Å². The van der Waals surface area contributed by atoms with E-state index in [1.165, 1.54) is 0 Å².